The van der Waals surface area contributed by atoms with Crippen LogP contribution in [0.15, 0.2) is 28.7 Å². The Labute approximate surface area is 154 Å². The molecule has 0 saturated carbocycles. The Hall–Kier alpha value is -1.66. The van der Waals surface area contributed by atoms with Gasteiger partial charge in [-0.05, 0) is 56.4 Å². The van der Waals surface area contributed by atoms with Crippen molar-refractivity contribution in [3.05, 3.63) is 50.3 Å². The van der Waals surface area contributed by atoms with Crippen LogP contribution < -0.4 is 11.1 Å². The zero-order valence-corrected chi connectivity index (χ0v) is 16.2. The molecule has 1 aromatic carbocycles. The summed E-state index contributed by atoms with van der Waals surface area (Å²) in [6.45, 7) is 3.76. The zero-order chi connectivity index (χ0) is 17.7. The number of hydrogen-bond acceptors (Lipinski definition) is 3. The second-order valence-corrected chi connectivity index (χ2v) is 7.87. The van der Waals surface area contributed by atoms with Gasteiger partial charge in [0.2, 0.25) is 5.91 Å². The number of thiophene rings is 1. The van der Waals surface area contributed by atoms with Gasteiger partial charge in [0.15, 0.2) is 0 Å². The van der Waals surface area contributed by atoms with Crippen LogP contribution in [0.2, 0.25) is 0 Å². The number of anilines is 1. The number of benzene rings is 1. The topological polar surface area (TPSA) is 72.2 Å². The van der Waals surface area contributed by atoms with E-state index in [1.54, 1.807) is 0 Å². The molecule has 2 amide bonds. The van der Waals surface area contributed by atoms with E-state index in [9.17, 15) is 9.59 Å². The molecule has 6 heteroatoms. The number of carbonyl (C=O) groups excluding carboxylic acids is 2. The van der Waals surface area contributed by atoms with E-state index >= 15 is 0 Å². The number of amides is 2. The maximum absolute atomic E-state index is 12.1. The molecule has 0 radical (unpaired) electrons. The first kappa shape index (κ1) is 18.7. The Morgan fingerprint density at radius 2 is 1.83 bits per heavy atom. The van der Waals surface area contributed by atoms with Crippen LogP contribution in [0.4, 0.5) is 5.00 Å². The largest absolute Gasteiger partial charge is 0.365 e. The molecule has 1 aromatic heterocycles. The average Bonchev–Trinajstić information content (AvgIpc) is 2.80. The van der Waals surface area contributed by atoms with E-state index in [1.807, 2.05) is 26.0 Å². The van der Waals surface area contributed by atoms with Gasteiger partial charge in [0, 0.05) is 15.8 Å². The molecule has 3 N–H and O–H groups in total. The molecular formula is C18H21BrN2O2S. The summed E-state index contributed by atoms with van der Waals surface area (Å²) in [5, 5.41) is 3.40. The minimum absolute atomic E-state index is 0.0745. The quantitative estimate of drug-likeness (QED) is 0.658. The Balaban J connectivity index is 1.82. The Morgan fingerprint density at radius 3 is 2.46 bits per heavy atom. The van der Waals surface area contributed by atoms with Crippen molar-refractivity contribution in [2.75, 3.05) is 5.32 Å². The molecular weight excluding hydrogens is 388 g/mol. The fraction of sp³-hybridized carbons (Fsp3) is 0.333. The number of unbranched alkanes of at least 4 members (excludes halogenated alkanes) is 1. The summed E-state index contributed by atoms with van der Waals surface area (Å²) in [7, 11) is 0. The van der Waals surface area contributed by atoms with E-state index in [4.69, 9.17) is 5.73 Å². The predicted molar refractivity (Wildman–Crippen MR) is 103 cm³/mol. The first-order valence-electron chi connectivity index (χ1n) is 7.82. The molecule has 0 bridgehead atoms. The molecule has 0 aliphatic carbocycles. The number of aryl methyl sites for hydroxylation is 2. The van der Waals surface area contributed by atoms with Crippen LogP contribution in [0.1, 0.15) is 45.6 Å². The van der Waals surface area contributed by atoms with Crippen molar-refractivity contribution in [3.8, 4) is 0 Å². The summed E-state index contributed by atoms with van der Waals surface area (Å²) in [6, 6.07) is 8.21. The summed E-state index contributed by atoms with van der Waals surface area (Å²) in [4.78, 5) is 24.6. The monoisotopic (exact) mass is 408 g/mol. The Morgan fingerprint density at radius 1 is 1.17 bits per heavy atom. The standard InChI is InChI=1S/C18H21BrN2O2S/c1-11-12(2)24-18(16(11)17(20)23)21-15(22)6-4-3-5-13-7-9-14(19)10-8-13/h7-10H,3-6H2,1-2H3,(H2,20,23)(H,21,22). The van der Waals surface area contributed by atoms with Gasteiger partial charge in [-0.2, -0.15) is 0 Å². The van der Waals surface area contributed by atoms with Crippen LogP contribution in [0.3, 0.4) is 0 Å². The lowest BCUT2D eigenvalue weighted by atomic mass is 10.1. The van der Waals surface area contributed by atoms with E-state index in [1.165, 1.54) is 16.9 Å². The summed E-state index contributed by atoms with van der Waals surface area (Å²) >= 11 is 4.81. The van der Waals surface area contributed by atoms with Gasteiger partial charge >= 0.3 is 0 Å². The van der Waals surface area contributed by atoms with Crippen molar-refractivity contribution < 1.29 is 9.59 Å². The Kier molecular flexibility index (Phi) is 6.57. The third kappa shape index (κ3) is 4.92. The molecule has 2 rings (SSSR count). The Bertz CT molecular complexity index is 738. The molecule has 0 aliphatic heterocycles. The van der Waals surface area contributed by atoms with Crippen LogP contribution in [0, 0.1) is 13.8 Å². The highest BCUT2D eigenvalue weighted by Gasteiger charge is 2.18. The van der Waals surface area contributed by atoms with Gasteiger partial charge in [0.05, 0.1) is 5.56 Å². The number of hydrogen-bond donors (Lipinski definition) is 2. The van der Waals surface area contributed by atoms with Gasteiger partial charge in [-0.3, -0.25) is 9.59 Å². The van der Waals surface area contributed by atoms with E-state index < -0.39 is 5.91 Å². The molecule has 24 heavy (non-hydrogen) atoms. The minimum atomic E-state index is -0.498. The molecule has 0 atom stereocenters. The van der Waals surface area contributed by atoms with Gasteiger partial charge in [0.25, 0.3) is 5.91 Å². The maximum atomic E-state index is 12.1. The number of carbonyl (C=O) groups is 2. The van der Waals surface area contributed by atoms with Crippen molar-refractivity contribution in [2.24, 2.45) is 5.73 Å². The van der Waals surface area contributed by atoms with Crippen LogP contribution in [0.5, 0.6) is 0 Å². The molecule has 128 valence electrons. The van der Waals surface area contributed by atoms with E-state index in [0.29, 0.717) is 17.0 Å². The van der Waals surface area contributed by atoms with Crippen LogP contribution in [0.25, 0.3) is 0 Å². The molecule has 0 fully saturated rings. The number of nitrogens with two attached hydrogens (primary N) is 1. The van der Waals surface area contributed by atoms with Crippen LogP contribution in [-0.2, 0) is 11.2 Å². The third-order valence-electron chi connectivity index (χ3n) is 3.92. The molecule has 0 unspecified atom stereocenters. The lowest BCUT2D eigenvalue weighted by molar-refractivity contribution is -0.116. The molecule has 2 aromatic rings. The van der Waals surface area contributed by atoms with Crippen molar-refractivity contribution in [1.82, 2.24) is 0 Å². The molecule has 0 saturated heterocycles. The molecule has 0 aliphatic rings. The lowest BCUT2D eigenvalue weighted by Crippen LogP contribution is -2.17. The van der Waals surface area contributed by atoms with Crippen molar-refractivity contribution in [1.29, 1.82) is 0 Å². The molecule has 4 nitrogen and oxygen atoms in total. The second-order valence-electron chi connectivity index (χ2n) is 5.73. The number of nitrogens with one attached hydrogen (secondary N) is 1. The fourth-order valence-electron chi connectivity index (χ4n) is 2.47. The zero-order valence-electron chi connectivity index (χ0n) is 13.8. The van der Waals surface area contributed by atoms with Gasteiger partial charge in [-0.25, -0.2) is 0 Å². The fourth-order valence-corrected chi connectivity index (χ4v) is 3.81. The minimum Gasteiger partial charge on any atom is -0.365 e. The number of primary amides is 1. The van der Waals surface area contributed by atoms with Gasteiger partial charge in [-0.15, -0.1) is 11.3 Å². The number of rotatable bonds is 7. The van der Waals surface area contributed by atoms with Crippen molar-refractivity contribution in [2.45, 2.75) is 39.5 Å². The molecule has 1 heterocycles. The second kappa shape index (κ2) is 8.44. The van der Waals surface area contributed by atoms with E-state index in [2.05, 4.69) is 33.4 Å². The number of halogens is 1. The summed E-state index contributed by atoms with van der Waals surface area (Å²) in [6.07, 6.45) is 3.13. The van der Waals surface area contributed by atoms with Gasteiger partial charge < -0.3 is 11.1 Å². The van der Waals surface area contributed by atoms with E-state index in [0.717, 1.165) is 34.2 Å². The molecule has 0 spiro atoms. The summed E-state index contributed by atoms with van der Waals surface area (Å²) in [5.74, 6) is -0.572. The van der Waals surface area contributed by atoms with Gasteiger partial charge in [0.1, 0.15) is 5.00 Å². The average molecular weight is 409 g/mol. The third-order valence-corrected chi connectivity index (χ3v) is 5.57. The van der Waals surface area contributed by atoms with E-state index in [-0.39, 0.29) is 5.91 Å². The highest BCUT2D eigenvalue weighted by molar-refractivity contribution is 9.10. The highest BCUT2D eigenvalue weighted by atomic mass is 79.9. The lowest BCUT2D eigenvalue weighted by Gasteiger charge is -2.05. The van der Waals surface area contributed by atoms with Crippen LogP contribution >= 0.6 is 27.3 Å². The smallest absolute Gasteiger partial charge is 0.251 e. The first-order valence-corrected chi connectivity index (χ1v) is 9.43. The first-order chi connectivity index (χ1) is 11.4. The summed E-state index contributed by atoms with van der Waals surface area (Å²) in [5.41, 5.74) is 7.95. The predicted octanol–water partition coefficient (Wildman–Crippen LogP) is 4.58. The SMILES string of the molecule is Cc1sc(NC(=O)CCCCc2ccc(Br)cc2)c(C(N)=O)c1C. The highest BCUT2D eigenvalue weighted by Crippen LogP contribution is 2.32. The van der Waals surface area contributed by atoms with Crippen molar-refractivity contribution in [3.63, 3.8) is 0 Å². The van der Waals surface area contributed by atoms with Crippen molar-refractivity contribution >= 4 is 44.1 Å². The van der Waals surface area contributed by atoms with Crippen LogP contribution in [-0.4, -0.2) is 11.8 Å². The normalized spacial score (nSPS) is 10.6. The van der Waals surface area contributed by atoms with Gasteiger partial charge in [-0.1, -0.05) is 28.1 Å². The summed E-state index contributed by atoms with van der Waals surface area (Å²) < 4.78 is 1.07. The maximum Gasteiger partial charge on any atom is 0.251 e.